The normalized spacial score (nSPS) is 9.71. The Hall–Kier alpha value is -1.47. The van der Waals surface area contributed by atoms with E-state index < -0.39 is 0 Å². The molecule has 0 aromatic heterocycles. The molecule has 4 heteroatoms. The Morgan fingerprint density at radius 1 is 1.41 bits per heavy atom. The second kappa shape index (κ2) is 6.97. The van der Waals surface area contributed by atoms with Crippen molar-refractivity contribution < 1.29 is 4.79 Å². The molecule has 1 aromatic rings. The number of nitriles is 1. The van der Waals surface area contributed by atoms with Gasteiger partial charge in [0, 0.05) is 17.9 Å². The van der Waals surface area contributed by atoms with Crippen LogP contribution in [0.3, 0.4) is 0 Å². The number of hydrogen-bond acceptors (Lipinski definition) is 3. The number of nitrogens with one attached hydrogen (secondary N) is 1. The summed E-state index contributed by atoms with van der Waals surface area (Å²) in [6, 6.07) is 7.99. The van der Waals surface area contributed by atoms with Crippen molar-refractivity contribution in [1.82, 2.24) is 0 Å². The molecule has 17 heavy (non-hydrogen) atoms. The quantitative estimate of drug-likeness (QED) is 0.815. The number of aryl methyl sites for hydroxylation is 2. The Balaban J connectivity index is 2.48. The largest absolute Gasteiger partial charge is 0.325 e. The first kappa shape index (κ1) is 13.6. The average Bonchev–Trinajstić information content (AvgIpc) is 2.30. The van der Waals surface area contributed by atoms with Gasteiger partial charge in [-0.1, -0.05) is 18.2 Å². The second-order valence-corrected chi connectivity index (χ2v) is 4.88. The average molecular weight is 248 g/mol. The van der Waals surface area contributed by atoms with Crippen molar-refractivity contribution in [3.63, 3.8) is 0 Å². The fraction of sp³-hybridized carbons (Fsp3) is 0.385. The van der Waals surface area contributed by atoms with Crippen molar-refractivity contribution in [1.29, 1.82) is 5.26 Å². The summed E-state index contributed by atoms with van der Waals surface area (Å²) in [6.45, 7) is 3.96. The van der Waals surface area contributed by atoms with E-state index in [1.54, 1.807) is 0 Å². The fourth-order valence-corrected chi connectivity index (χ4v) is 2.11. The van der Waals surface area contributed by atoms with Gasteiger partial charge in [0.25, 0.3) is 0 Å². The maximum atomic E-state index is 11.7. The highest BCUT2D eigenvalue weighted by molar-refractivity contribution is 7.99. The van der Waals surface area contributed by atoms with Crippen molar-refractivity contribution in [2.45, 2.75) is 20.3 Å². The van der Waals surface area contributed by atoms with E-state index in [2.05, 4.69) is 11.4 Å². The van der Waals surface area contributed by atoms with Crippen LogP contribution in [0.4, 0.5) is 5.69 Å². The Morgan fingerprint density at radius 3 is 2.65 bits per heavy atom. The van der Waals surface area contributed by atoms with Gasteiger partial charge in [0.05, 0.1) is 11.8 Å². The van der Waals surface area contributed by atoms with E-state index in [-0.39, 0.29) is 5.91 Å². The summed E-state index contributed by atoms with van der Waals surface area (Å²) in [6.07, 6.45) is 0.487. The van der Waals surface area contributed by atoms with Crippen molar-refractivity contribution in [2.75, 3.05) is 16.8 Å². The smallest absolute Gasteiger partial charge is 0.234 e. The standard InChI is InChI=1S/C13H16N2OS/c1-10-5-3-6-11(2)13(10)15-12(16)9-17-8-4-7-14/h3,5-6H,4,8-9H2,1-2H3,(H,15,16). The van der Waals surface area contributed by atoms with E-state index in [0.717, 1.165) is 16.8 Å². The number of nitrogens with zero attached hydrogens (tertiary/aromatic N) is 1. The van der Waals surface area contributed by atoms with E-state index in [9.17, 15) is 4.79 Å². The Kier molecular flexibility index (Phi) is 5.58. The lowest BCUT2D eigenvalue weighted by Crippen LogP contribution is -2.16. The minimum atomic E-state index is -0.00894. The maximum Gasteiger partial charge on any atom is 0.234 e. The number of para-hydroxylation sites is 1. The van der Waals surface area contributed by atoms with Crippen molar-refractivity contribution in [2.24, 2.45) is 0 Å². The zero-order chi connectivity index (χ0) is 12.7. The topological polar surface area (TPSA) is 52.9 Å². The van der Waals surface area contributed by atoms with Crippen LogP contribution < -0.4 is 5.32 Å². The van der Waals surface area contributed by atoms with E-state index in [0.29, 0.717) is 17.9 Å². The number of benzene rings is 1. The molecule has 0 aliphatic carbocycles. The van der Waals surface area contributed by atoms with Crippen LogP contribution in [0.1, 0.15) is 17.5 Å². The van der Waals surface area contributed by atoms with Crippen LogP contribution in [0.5, 0.6) is 0 Å². The highest BCUT2D eigenvalue weighted by atomic mass is 32.2. The van der Waals surface area contributed by atoms with E-state index >= 15 is 0 Å². The Bertz CT molecular complexity index is 417. The minimum Gasteiger partial charge on any atom is -0.325 e. The van der Waals surface area contributed by atoms with Crippen molar-refractivity contribution >= 4 is 23.4 Å². The van der Waals surface area contributed by atoms with Gasteiger partial charge < -0.3 is 5.32 Å². The lowest BCUT2D eigenvalue weighted by atomic mass is 10.1. The second-order valence-electron chi connectivity index (χ2n) is 3.78. The van der Waals surface area contributed by atoms with Crippen LogP contribution in [0, 0.1) is 25.2 Å². The number of rotatable bonds is 5. The highest BCUT2D eigenvalue weighted by Gasteiger charge is 2.06. The Labute approximate surface area is 106 Å². The molecule has 0 fully saturated rings. The SMILES string of the molecule is Cc1cccc(C)c1NC(=O)CSCCC#N. The molecule has 3 nitrogen and oxygen atoms in total. The summed E-state index contributed by atoms with van der Waals surface area (Å²) in [4.78, 5) is 11.7. The van der Waals surface area contributed by atoms with Crippen LogP contribution in [0.2, 0.25) is 0 Å². The number of carbonyl (C=O) groups is 1. The number of carbonyl (C=O) groups excluding carboxylic acids is 1. The third-order valence-electron chi connectivity index (χ3n) is 2.34. The molecular weight excluding hydrogens is 232 g/mol. The number of hydrogen-bond donors (Lipinski definition) is 1. The molecule has 0 aliphatic heterocycles. The molecule has 1 amide bonds. The Morgan fingerprint density at radius 2 is 2.06 bits per heavy atom. The van der Waals surface area contributed by atoms with Gasteiger partial charge in [-0.2, -0.15) is 17.0 Å². The van der Waals surface area contributed by atoms with Crippen molar-refractivity contribution in [3.05, 3.63) is 29.3 Å². The van der Waals surface area contributed by atoms with Gasteiger partial charge in [-0.05, 0) is 25.0 Å². The molecule has 0 saturated carbocycles. The zero-order valence-electron chi connectivity index (χ0n) is 10.1. The summed E-state index contributed by atoms with van der Waals surface area (Å²) >= 11 is 1.48. The molecule has 0 bridgehead atoms. The van der Waals surface area contributed by atoms with Gasteiger partial charge in [-0.3, -0.25) is 4.79 Å². The predicted molar refractivity (Wildman–Crippen MR) is 72.1 cm³/mol. The maximum absolute atomic E-state index is 11.7. The molecule has 1 aromatic carbocycles. The van der Waals surface area contributed by atoms with Gasteiger partial charge in [0.15, 0.2) is 0 Å². The molecule has 0 aliphatic rings. The third-order valence-corrected chi connectivity index (χ3v) is 3.30. The van der Waals surface area contributed by atoms with Gasteiger partial charge in [0.1, 0.15) is 0 Å². The molecule has 1 rings (SSSR count). The third kappa shape index (κ3) is 4.49. The molecule has 90 valence electrons. The van der Waals surface area contributed by atoms with E-state index in [1.165, 1.54) is 11.8 Å². The molecule has 0 heterocycles. The summed E-state index contributed by atoms with van der Waals surface area (Å²) < 4.78 is 0. The summed E-state index contributed by atoms with van der Waals surface area (Å²) in [7, 11) is 0. The van der Waals surface area contributed by atoms with Gasteiger partial charge >= 0.3 is 0 Å². The minimum absolute atomic E-state index is 0.00894. The molecular formula is C13H16N2OS. The first-order valence-electron chi connectivity index (χ1n) is 5.46. The van der Waals surface area contributed by atoms with Gasteiger partial charge in [0.2, 0.25) is 5.91 Å². The lowest BCUT2D eigenvalue weighted by molar-refractivity contribution is -0.113. The summed E-state index contributed by atoms with van der Waals surface area (Å²) in [5.41, 5.74) is 3.04. The van der Waals surface area contributed by atoms with Crippen LogP contribution in [-0.4, -0.2) is 17.4 Å². The van der Waals surface area contributed by atoms with E-state index in [1.807, 2.05) is 32.0 Å². The van der Waals surface area contributed by atoms with E-state index in [4.69, 9.17) is 5.26 Å². The van der Waals surface area contributed by atoms with Crippen molar-refractivity contribution in [3.8, 4) is 6.07 Å². The van der Waals surface area contributed by atoms with Gasteiger partial charge in [-0.15, -0.1) is 0 Å². The molecule has 0 unspecified atom stereocenters. The summed E-state index contributed by atoms with van der Waals surface area (Å²) in [5, 5.41) is 11.3. The first-order valence-corrected chi connectivity index (χ1v) is 6.61. The zero-order valence-corrected chi connectivity index (χ0v) is 10.9. The first-order chi connectivity index (χ1) is 8.15. The van der Waals surface area contributed by atoms with Crippen LogP contribution in [0.15, 0.2) is 18.2 Å². The van der Waals surface area contributed by atoms with Gasteiger partial charge in [-0.25, -0.2) is 0 Å². The predicted octanol–water partition coefficient (Wildman–Crippen LogP) is 2.89. The number of amides is 1. The number of thioether (sulfide) groups is 1. The number of anilines is 1. The molecule has 0 saturated heterocycles. The monoisotopic (exact) mass is 248 g/mol. The summed E-state index contributed by atoms with van der Waals surface area (Å²) in [5.74, 6) is 1.09. The molecule has 0 radical (unpaired) electrons. The fourth-order valence-electron chi connectivity index (χ4n) is 1.47. The molecule has 1 N–H and O–H groups in total. The molecule has 0 atom stereocenters. The van der Waals surface area contributed by atoms with Crippen LogP contribution in [-0.2, 0) is 4.79 Å². The highest BCUT2D eigenvalue weighted by Crippen LogP contribution is 2.19. The van der Waals surface area contributed by atoms with Crippen LogP contribution in [0.25, 0.3) is 0 Å². The lowest BCUT2D eigenvalue weighted by Gasteiger charge is -2.10. The van der Waals surface area contributed by atoms with Crippen LogP contribution >= 0.6 is 11.8 Å². The molecule has 0 spiro atoms.